The second kappa shape index (κ2) is 8.15. The Morgan fingerprint density at radius 2 is 1.97 bits per heavy atom. The predicted molar refractivity (Wildman–Crippen MR) is 107 cm³/mol. The molecule has 152 valence electrons. The van der Waals surface area contributed by atoms with E-state index in [0.29, 0.717) is 31.9 Å². The monoisotopic (exact) mass is 395 g/mol. The summed E-state index contributed by atoms with van der Waals surface area (Å²) in [5, 5.41) is 11.7. The summed E-state index contributed by atoms with van der Waals surface area (Å²) in [4.78, 5) is 23.2. The molecule has 29 heavy (non-hydrogen) atoms. The van der Waals surface area contributed by atoms with E-state index in [1.807, 2.05) is 42.5 Å². The number of hydrogen-bond acceptors (Lipinski definition) is 4. The number of carboxylic acid groups (broad SMARTS) is 1. The first-order valence-corrected chi connectivity index (χ1v) is 10.0. The third kappa shape index (κ3) is 4.21. The Kier molecular flexibility index (Phi) is 5.43. The minimum atomic E-state index is -0.818. The number of hydrogen-bond donors (Lipinski definition) is 2. The lowest BCUT2D eigenvalue weighted by Crippen LogP contribution is -2.30. The van der Waals surface area contributed by atoms with Gasteiger partial charge in [-0.15, -0.1) is 0 Å². The highest BCUT2D eigenvalue weighted by Crippen LogP contribution is 2.60. The number of rotatable bonds is 8. The van der Waals surface area contributed by atoms with Gasteiger partial charge in [-0.05, 0) is 43.0 Å². The van der Waals surface area contributed by atoms with Gasteiger partial charge in [-0.3, -0.25) is 9.59 Å². The number of fused-ring (bicyclic) bond motifs is 2. The van der Waals surface area contributed by atoms with Crippen molar-refractivity contribution in [1.29, 1.82) is 0 Å². The highest BCUT2D eigenvalue weighted by Gasteiger charge is 2.60. The Hall–Kier alpha value is -3.02. The minimum Gasteiger partial charge on any atom is -0.494 e. The van der Waals surface area contributed by atoms with E-state index < -0.39 is 5.97 Å². The molecule has 0 unspecified atom stereocenters. The second-order valence-electron chi connectivity index (χ2n) is 7.71. The quantitative estimate of drug-likeness (QED) is 0.670. The first-order valence-electron chi connectivity index (χ1n) is 10.0. The van der Waals surface area contributed by atoms with Crippen molar-refractivity contribution in [3.05, 3.63) is 59.7 Å². The Labute approximate surface area is 169 Å². The Morgan fingerprint density at radius 1 is 1.17 bits per heavy atom. The molecule has 1 aliphatic carbocycles. The normalized spacial score (nSPS) is 21.7. The maximum atomic E-state index is 12.7. The Bertz CT molecular complexity index is 894. The van der Waals surface area contributed by atoms with Crippen LogP contribution in [0.3, 0.4) is 0 Å². The second-order valence-corrected chi connectivity index (χ2v) is 7.71. The van der Waals surface area contributed by atoms with E-state index >= 15 is 0 Å². The molecule has 2 N–H and O–H groups in total. The largest absolute Gasteiger partial charge is 0.494 e. The van der Waals surface area contributed by atoms with Crippen molar-refractivity contribution >= 4 is 11.9 Å². The smallest absolute Gasteiger partial charge is 0.303 e. The van der Waals surface area contributed by atoms with Gasteiger partial charge in [0, 0.05) is 29.9 Å². The number of carbonyl (C=O) groups excluding carboxylic acids is 1. The highest BCUT2D eigenvalue weighted by atomic mass is 16.5. The zero-order valence-electron chi connectivity index (χ0n) is 16.2. The molecule has 1 heterocycles. The van der Waals surface area contributed by atoms with Crippen LogP contribution in [0.25, 0.3) is 0 Å². The first-order chi connectivity index (χ1) is 14.1. The third-order valence-electron chi connectivity index (χ3n) is 5.81. The summed E-state index contributed by atoms with van der Waals surface area (Å²) in [7, 11) is 0. The van der Waals surface area contributed by atoms with Crippen LogP contribution in [0.2, 0.25) is 0 Å². The molecule has 0 radical (unpaired) electrons. The van der Waals surface area contributed by atoms with Crippen molar-refractivity contribution < 1.29 is 24.2 Å². The van der Waals surface area contributed by atoms with Crippen LogP contribution in [0.1, 0.15) is 36.8 Å². The van der Waals surface area contributed by atoms with Crippen LogP contribution in [-0.2, 0) is 21.5 Å². The van der Waals surface area contributed by atoms with Crippen LogP contribution in [0.5, 0.6) is 11.5 Å². The molecule has 6 nitrogen and oxygen atoms in total. The lowest BCUT2D eigenvalue weighted by molar-refractivity contribution is -0.137. The molecule has 1 spiro atoms. The van der Waals surface area contributed by atoms with E-state index in [1.54, 1.807) is 0 Å². The number of nitrogens with one attached hydrogen (secondary N) is 1. The molecule has 4 rings (SSSR count). The molecule has 6 heteroatoms. The van der Waals surface area contributed by atoms with E-state index in [-0.39, 0.29) is 23.7 Å². The standard InChI is InChI=1S/C23H25NO5/c25-21(26)6-3-12-28-17-9-7-16(8-10-17)15-24-22(27)19-14-23(19)11-13-29-20-5-2-1-4-18(20)23/h1-2,4-5,7-10,19H,3,6,11-15H2,(H,24,27)(H,25,26)/t19-,23-/m0/s1. The molecule has 0 aromatic heterocycles. The van der Waals surface area contributed by atoms with Crippen LogP contribution >= 0.6 is 0 Å². The number of para-hydroxylation sites is 1. The van der Waals surface area contributed by atoms with E-state index in [9.17, 15) is 9.59 Å². The molecular formula is C23H25NO5. The Morgan fingerprint density at radius 3 is 2.76 bits per heavy atom. The van der Waals surface area contributed by atoms with Crippen molar-refractivity contribution in [3.63, 3.8) is 0 Å². The number of ether oxygens (including phenoxy) is 2. The van der Waals surface area contributed by atoms with Crippen molar-refractivity contribution in [3.8, 4) is 11.5 Å². The fourth-order valence-corrected chi connectivity index (χ4v) is 4.13. The highest BCUT2D eigenvalue weighted by molar-refractivity contribution is 5.84. The van der Waals surface area contributed by atoms with Crippen LogP contribution in [0.15, 0.2) is 48.5 Å². The van der Waals surface area contributed by atoms with Gasteiger partial charge in [-0.25, -0.2) is 0 Å². The minimum absolute atomic E-state index is 0.00407. The van der Waals surface area contributed by atoms with E-state index in [1.165, 1.54) is 0 Å². The van der Waals surface area contributed by atoms with Gasteiger partial charge in [-0.2, -0.15) is 0 Å². The molecule has 1 aliphatic heterocycles. The lowest BCUT2D eigenvalue weighted by Gasteiger charge is -2.26. The predicted octanol–water partition coefficient (Wildman–Crippen LogP) is 3.29. The molecule has 2 atom stereocenters. The average Bonchev–Trinajstić information content (AvgIpc) is 3.45. The average molecular weight is 395 g/mol. The van der Waals surface area contributed by atoms with Gasteiger partial charge >= 0.3 is 5.97 Å². The van der Waals surface area contributed by atoms with Crippen LogP contribution in [0.4, 0.5) is 0 Å². The van der Waals surface area contributed by atoms with Gasteiger partial charge in [0.25, 0.3) is 0 Å². The van der Waals surface area contributed by atoms with E-state index in [2.05, 4.69) is 11.4 Å². The van der Waals surface area contributed by atoms with Gasteiger partial charge < -0.3 is 19.9 Å². The summed E-state index contributed by atoms with van der Waals surface area (Å²) in [5.74, 6) is 0.889. The van der Waals surface area contributed by atoms with Crippen molar-refractivity contribution in [2.45, 2.75) is 37.6 Å². The van der Waals surface area contributed by atoms with Crippen LogP contribution < -0.4 is 14.8 Å². The SMILES string of the molecule is O=C(O)CCCOc1ccc(CNC(=O)[C@@H]2C[C@]23CCOc2ccccc23)cc1. The van der Waals surface area contributed by atoms with Gasteiger partial charge in [0.15, 0.2) is 0 Å². The van der Waals surface area contributed by atoms with Crippen molar-refractivity contribution in [2.24, 2.45) is 5.92 Å². The summed E-state index contributed by atoms with van der Waals surface area (Å²) < 4.78 is 11.3. The topological polar surface area (TPSA) is 84.9 Å². The molecule has 2 aromatic carbocycles. The fourth-order valence-electron chi connectivity index (χ4n) is 4.13. The molecule has 1 saturated carbocycles. The fraction of sp³-hybridized carbons (Fsp3) is 0.391. The third-order valence-corrected chi connectivity index (χ3v) is 5.81. The van der Waals surface area contributed by atoms with E-state index in [0.717, 1.165) is 29.7 Å². The van der Waals surface area contributed by atoms with Gasteiger partial charge in [-0.1, -0.05) is 30.3 Å². The van der Waals surface area contributed by atoms with Crippen LogP contribution in [0, 0.1) is 5.92 Å². The number of carbonyl (C=O) groups is 2. The molecule has 0 saturated heterocycles. The van der Waals surface area contributed by atoms with E-state index in [4.69, 9.17) is 14.6 Å². The molecule has 2 aromatic rings. The molecule has 1 amide bonds. The van der Waals surface area contributed by atoms with Crippen molar-refractivity contribution in [2.75, 3.05) is 13.2 Å². The zero-order chi connectivity index (χ0) is 20.3. The first kappa shape index (κ1) is 19.3. The summed E-state index contributed by atoms with van der Waals surface area (Å²) in [6.07, 6.45) is 2.34. The maximum Gasteiger partial charge on any atom is 0.303 e. The molecule has 0 bridgehead atoms. The van der Waals surface area contributed by atoms with Gasteiger partial charge in [0.05, 0.1) is 13.2 Å². The van der Waals surface area contributed by atoms with Gasteiger partial charge in [0.2, 0.25) is 5.91 Å². The number of aliphatic carboxylic acids is 1. The molecule has 2 aliphatic rings. The van der Waals surface area contributed by atoms with Crippen molar-refractivity contribution in [1.82, 2.24) is 5.32 Å². The number of amides is 1. The maximum absolute atomic E-state index is 12.7. The lowest BCUT2D eigenvalue weighted by atomic mass is 9.87. The summed E-state index contributed by atoms with van der Waals surface area (Å²) >= 11 is 0. The zero-order valence-corrected chi connectivity index (χ0v) is 16.2. The molecular weight excluding hydrogens is 370 g/mol. The number of benzene rings is 2. The summed E-state index contributed by atoms with van der Waals surface area (Å²) in [6, 6.07) is 15.6. The van der Waals surface area contributed by atoms with Crippen LogP contribution in [-0.4, -0.2) is 30.2 Å². The number of carboxylic acids is 1. The van der Waals surface area contributed by atoms with Gasteiger partial charge in [0.1, 0.15) is 11.5 Å². The summed E-state index contributed by atoms with van der Waals surface area (Å²) in [6.45, 7) is 1.51. The molecule has 1 fully saturated rings. The summed E-state index contributed by atoms with van der Waals surface area (Å²) in [5.41, 5.74) is 2.10. The Balaban J connectivity index is 1.27.